The minimum atomic E-state index is 0.651. The summed E-state index contributed by atoms with van der Waals surface area (Å²) in [6, 6.07) is 66.2. The van der Waals surface area contributed by atoms with Gasteiger partial charge in [-0.15, -0.1) is 0 Å². The minimum absolute atomic E-state index is 0.651. The molecular formula is C58H35N3. The highest BCUT2D eigenvalue weighted by molar-refractivity contribution is 6.14. The molecule has 0 amide bonds. The summed E-state index contributed by atoms with van der Waals surface area (Å²) in [5.41, 5.74) is 2.89. The quantitative estimate of drug-likeness (QED) is 0.133. The van der Waals surface area contributed by atoms with Crippen LogP contribution in [0.25, 0.3) is 127 Å². The summed E-state index contributed by atoms with van der Waals surface area (Å²) >= 11 is 0. The highest BCUT2D eigenvalue weighted by atomic mass is 15.0. The zero-order valence-corrected chi connectivity index (χ0v) is 33.1. The van der Waals surface area contributed by atoms with Gasteiger partial charge in [0.2, 0.25) is 0 Å². The first kappa shape index (κ1) is 33.9. The third kappa shape index (κ3) is 5.62. The fraction of sp³-hybridized carbons (Fsp3) is 0.0172. The number of hydrogen-bond acceptors (Lipinski definition) is 3. The molecule has 1 aliphatic carbocycles. The molecule has 0 aliphatic heterocycles. The maximum Gasteiger partial charge on any atom is 0.164 e. The van der Waals surface area contributed by atoms with E-state index in [9.17, 15) is 0 Å². The molecular weight excluding hydrogens is 739 g/mol. The molecule has 0 bridgehead atoms. The second-order valence-electron chi connectivity index (χ2n) is 16.4. The van der Waals surface area contributed by atoms with Crippen molar-refractivity contribution in [3.63, 3.8) is 0 Å². The van der Waals surface area contributed by atoms with Gasteiger partial charge in [0.05, 0.1) is 0 Å². The van der Waals surface area contributed by atoms with E-state index in [0.29, 0.717) is 17.5 Å². The van der Waals surface area contributed by atoms with E-state index in [2.05, 4.69) is 200 Å². The summed E-state index contributed by atoms with van der Waals surface area (Å²) in [5, 5.41) is 22.0. The summed E-state index contributed by atoms with van der Waals surface area (Å²) < 4.78 is 0. The van der Waals surface area contributed by atoms with Gasteiger partial charge in [0.15, 0.2) is 17.5 Å². The van der Waals surface area contributed by atoms with Gasteiger partial charge in [0.1, 0.15) is 0 Å². The number of benzene rings is 11. The fourth-order valence-corrected chi connectivity index (χ4v) is 9.63. The van der Waals surface area contributed by atoms with E-state index in [0.717, 1.165) is 39.1 Å². The third-order valence-corrected chi connectivity index (χ3v) is 12.7. The van der Waals surface area contributed by atoms with E-state index in [1.165, 1.54) is 80.6 Å². The number of rotatable bonds is 3. The first-order chi connectivity index (χ1) is 30.1. The molecule has 0 atom stereocenters. The van der Waals surface area contributed by atoms with Crippen LogP contribution in [0.3, 0.4) is 0 Å². The lowest BCUT2D eigenvalue weighted by Gasteiger charge is -2.11. The van der Waals surface area contributed by atoms with Crippen LogP contribution in [0, 0.1) is 0 Å². The van der Waals surface area contributed by atoms with Gasteiger partial charge < -0.3 is 0 Å². The molecule has 11 aromatic carbocycles. The molecule has 61 heavy (non-hydrogen) atoms. The molecule has 282 valence electrons. The molecule has 3 heteroatoms. The molecule has 0 unspecified atom stereocenters. The normalized spacial score (nSPS) is 12.9. The van der Waals surface area contributed by atoms with Crippen LogP contribution in [-0.4, -0.2) is 15.0 Å². The monoisotopic (exact) mass is 773 g/mol. The Labute approximate surface area is 350 Å². The summed E-state index contributed by atoms with van der Waals surface area (Å²) in [4.78, 5) is 15.8. The van der Waals surface area contributed by atoms with E-state index in [-0.39, 0.29) is 0 Å². The van der Waals surface area contributed by atoms with Crippen molar-refractivity contribution >= 4 is 104 Å². The minimum Gasteiger partial charge on any atom is -0.208 e. The Bertz CT molecular complexity index is 3850. The van der Waals surface area contributed by atoms with Crippen molar-refractivity contribution in [2.75, 3.05) is 0 Å². The van der Waals surface area contributed by atoms with Gasteiger partial charge in [-0.25, -0.2) is 15.0 Å². The van der Waals surface area contributed by atoms with E-state index < -0.39 is 0 Å². The van der Waals surface area contributed by atoms with Crippen molar-refractivity contribution in [3.05, 3.63) is 204 Å². The van der Waals surface area contributed by atoms with Gasteiger partial charge in [0, 0.05) is 16.7 Å². The Morgan fingerprint density at radius 2 is 0.721 bits per heavy atom. The molecule has 0 N–H and O–H groups in total. The number of fused-ring (bicyclic) bond motifs is 12. The largest absolute Gasteiger partial charge is 0.208 e. The topological polar surface area (TPSA) is 38.7 Å². The number of allylic oxidation sites excluding steroid dienone is 2. The zero-order chi connectivity index (χ0) is 40.0. The van der Waals surface area contributed by atoms with Gasteiger partial charge in [-0.1, -0.05) is 146 Å². The van der Waals surface area contributed by atoms with Crippen molar-refractivity contribution in [2.24, 2.45) is 0 Å². The van der Waals surface area contributed by atoms with E-state index in [1.54, 1.807) is 0 Å². The van der Waals surface area contributed by atoms with Gasteiger partial charge in [0.25, 0.3) is 0 Å². The van der Waals surface area contributed by atoms with E-state index in [1.807, 2.05) is 0 Å². The molecule has 0 spiro atoms. The zero-order valence-electron chi connectivity index (χ0n) is 33.1. The van der Waals surface area contributed by atoms with Gasteiger partial charge in [-0.3, -0.25) is 0 Å². The van der Waals surface area contributed by atoms with Gasteiger partial charge in [-0.2, -0.15) is 0 Å². The van der Waals surface area contributed by atoms with Crippen LogP contribution in [-0.2, 0) is 0 Å². The average Bonchev–Trinajstić information content (AvgIpc) is 3.53. The Morgan fingerprint density at radius 1 is 0.279 bits per heavy atom. The maximum atomic E-state index is 5.28. The SMILES string of the molecule is C1=C(c2nc(-c3ccc4cc5c(ccc6ccccc65)cc4c3)nc(-c3ccc4cc5c(ccc6ccccc65)cc4c3)n2)C=c2cc3ccc4ccccc4c3cc2=CC1. The van der Waals surface area contributed by atoms with Crippen LogP contribution < -0.4 is 10.4 Å². The molecule has 0 saturated carbocycles. The molecule has 3 nitrogen and oxygen atoms in total. The summed E-state index contributed by atoms with van der Waals surface area (Å²) in [5.74, 6) is 1.96. The van der Waals surface area contributed by atoms with Crippen LogP contribution in [0.4, 0.5) is 0 Å². The number of nitrogens with zero attached hydrogens (tertiary/aromatic N) is 3. The molecule has 1 heterocycles. The lowest BCUT2D eigenvalue weighted by molar-refractivity contribution is 1.04. The predicted molar refractivity (Wildman–Crippen MR) is 258 cm³/mol. The smallest absolute Gasteiger partial charge is 0.164 e. The molecule has 0 saturated heterocycles. The third-order valence-electron chi connectivity index (χ3n) is 12.7. The molecule has 0 radical (unpaired) electrons. The standard InChI is InChI=1S/C58H35N3/c1-4-13-50-35(8-1)16-21-41-26-47-29-44(12-7-11-38(47)32-53(41)50)56-59-57(45-24-19-39-33-54-42(27-48(39)30-45)22-17-36-9-2-5-14-51(36)54)61-58(60-56)46-25-20-40-34-55-43(28-49(40)31-46)23-18-37-10-3-6-15-52(37)55/h1-6,8-34H,7H2. The van der Waals surface area contributed by atoms with Crippen LogP contribution in [0.5, 0.6) is 0 Å². The van der Waals surface area contributed by atoms with Crippen molar-refractivity contribution in [2.45, 2.75) is 6.42 Å². The second kappa shape index (κ2) is 13.3. The summed E-state index contributed by atoms with van der Waals surface area (Å²) in [7, 11) is 0. The lowest BCUT2D eigenvalue weighted by atomic mass is 9.97. The van der Waals surface area contributed by atoms with Crippen molar-refractivity contribution < 1.29 is 0 Å². The van der Waals surface area contributed by atoms with Crippen molar-refractivity contribution in [3.8, 4) is 22.8 Å². The lowest BCUT2D eigenvalue weighted by Crippen LogP contribution is -2.23. The molecule has 1 aromatic heterocycles. The van der Waals surface area contributed by atoms with Crippen molar-refractivity contribution in [1.82, 2.24) is 15.0 Å². The fourth-order valence-electron chi connectivity index (χ4n) is 9.63. The highest BCUT2D eigenvalue weighted by Gasteiger charge is 2.16. The summed E-state index contributed by atoms with van der Waals surface area (Å²) in [6.07, 6.45) is 7.58. The Morgan fingerprint density at radius 3 is 1.26 bits per heavy atom. The predicted octanol–water partition coefficient (Wildman–Crippen LogP) is 13.5. The van der Waals surface area contributed by atoms with E-state index in [4.69, 9.17) is 15.0 Å². The molecule has 13 rings (SSSR count). The molecule has 1 aliphatic rings. The van der Waals surface area contributed by atoms with Crippen LogP contribution in [0.2, 0.25) is 0 Å². The van der Waals surface area contributed by atoms with Gasteiger partial charge in [-0.05, 0) is 158 Å². The summed E-state index contributed by atoms with van der Waals surface area (Å²) in [6.45, 7) is 0. The van der Waals surface area contributed by atoms with Crippen LogP contribution >= 0.6 is 0 Å². The second-order valence-corrected chi connectivity index (χ2v) is 16.4. The average molecular weight is 774 g/mol. The Kier molecular flexibility index (Phi) is 7.37. The highest BCUT2D eigenvalue weighted by Crippen LogP contribution is 2.35. The molecule has 12 aromatic rings. The van der Waals surface area contributed by atoms with Crippen LogP contribution in [0.15, 0.2) is 188 Å². The number of hydrogen-bond donors (Lipinski definition) is 0. The maximum absolute atomic E-state index is 5.28. The number of aromatic nitrogens is 3. The van der Waals surface area contributed by atoms with Gasteiger partial charge >= 0.3 is 0 Å². The van der Waals surface area contributed by atoms with Crippen molar-refractivity contribution in [1.29, 1.82) is 0 Å². The first-order valence-corrected chi connectivity index (χ1v) is 21.0. The first-order valence-electron chi connectivity index (χ1n) is 21.0. The Hall–Kier alpha value is -8.01. The Balaban J connectivity index is 0.988. The van der Waals surface area contributed by atoms with Crippen LogP contribution in [0.1, 0.15) is 12.2 Å². The van der Waals surface area contributed by atoms with E-state index >= 15 is 0 Å². The molecule has 0 fully saturated rings.